The summed E-state index contributed by atoms with van der Waals surface area (Å²) in [4.78, 5) is 11.3. The Morgan fingerprint density at radius 3 is 2.41 bits per heavy atom. The summed E-state index contributed by atoms with van der Waals surface area (Å²) < 4.78 is 2.36. The van der Waals surface area contributed by atoms with Crippen LogP contribution in [0.2, 0.25) is 0 Å². The molecule has 5 nitrogen and oxygen atoms in total. The molecule has 3 aromatic heterocycles. The summed E-state index contributed by atoms with van der Waals surface area (Å²) in [6.07, 6.45) is 5.60. The maximum absolute atomic E-state index is 5.92. The highest BCUT2D eigenvalue weighted by atomic mass is 32.1. The largest absolute Gasteiger partial charge is 0.351 e. The van der Waals surface area contributed by atoms with E-state index in [1.54, 1.807) is 0 Å². The van der Waals surface area contributed by atoms with Crippen LogP contribution >= 0.6 is 12.2 Å². The number of aryl methyl sites for hydroxylation is 3. The molecule has 0 aliphatic carbocycles. The summed E-state index contributed by atoms with van der Waals surface area (Å²) in [6.45, 7) is 9.43. The fourth-order valence-electron chi connectivity index (χ4n) is 5.08. The van der Waals surface area contributed by atoms with Crippen LogP contribution in [0, 0.1) is 27.7 Å². The maximum Gasteiger partial charge on any atom is 0.174 e. The second kappa shape index (κ2) is 9.03. The average Bonchev–Trinajstić information content (AvgIpc) is 3.30. The number of hydrogen-bond acceptors (Lipinski definition) is 3. The number of aromatic nitrogens is 3. The van der Waals surface area contributed by atoms with Crippen LogP contribution < -0.4 is 10.2 Å². The smallest absolute Gasteiger partial charge is 0.174 e. The molecule has 0 unspecified atom stereocenters. The van der Waals surface area contributed by atoms with Crippen molar-refractivity contribution in [3.63, 3.8) is 0 Å². The third-order valence-corrected chi connectivity index (χ3v) is 6.89. The fraction of sp³-hybridized carbons (Fsp3) is 0.250. The number of pyridine rings is 2. The third kappa shape index (κ3) is 4.10. The van der Waals surface area contributed by atoms with E-state index in [9.17, 15) is 0 Å². The van der Waals surface area contributed by atoms with Crippen LogP contribution in [0.25, 0.3) is 0 Å². The van der Waals surface area contributed by atoms with E-state index >= 15 is 0 Å². The van der Waals surface area contributed by atoms with Gasteiger partial charge in [0, 0.05) is 42.2 Å². The van der Waals surface area contributed by atoms with E-state index in [-0.39, 0.29) is 12.1 Å². The molecule has 2 atom stereocenters. The normalized spacial score (nSPS) is 17.8. The Balaban J connectivity index is 1.64. The van der Waals surface area contributed by atoms with Crippen molar-refractivity contribution in [2.75, 3.05) is 4.90 Å². The van der Waals surface area contributed by atoms with E-state index in [4.69, 9.17) is 17.2 Å². The third-order valence-electron chi connectivity index (χ3n) is 6.58. The minimum Gasteiger partial charge on any atom is -0.351 e. The van der Waals surface area contributed by atoms with Crippen molar-refractivity contribution in [3.05, 3.63) is 113 Å². The highest BCUT2D eigenvalue weighted by Gasteiger charge is 2.42. The highest BCUT2D eigenvalue weighted by Crippen LogP contribution is 2.43. The van der Waals surface area contributed by atoms with Gasteiger partial charge in [-0.05, 0) is 98.6 Å². The molecule has 0 radical (unpaired) electrons. The van der Waals surface area contributed by atoms with E-state index in [0.717, 1.165) is 23.0 Å². The summed E-state index contributed by atoms with van der Waals surface area (Å²) >= 11 is 5.92. The lowest BCUT2D eigenvalue weighted by Crippen LogP contribution is -2.29. The van der Waals surface area contributed by atoms with Crippen molar-refractivity contribution in [2.45, 2.75) is 46.3 Å². The Morgan fingerprint density at radius 1 is 0.941 bits per heavy atom. The predicted octanol–water partition coefficient (Wildman–Crippen LogP) is 5.74. The number of nitrogens with zero attached hydrogens (tertiary/aromatic N) is 4. The molecule has 34 heavy (non-hydrogen) atoms. The van der Waals surface area contributed by atoms with Crippen molar-refractivity contribution in [1.29, 1.82) is 0 Å². The molecule has 1 N–H and O–H groups in total. The molecule has 0 amide bonds. The molecule has 1 saturated heterocycles. The van der Waals surface area contributed by atoms with Gasteiger partial charge in [-0.2, -0.15) is 0 Å². The van der Waals surface area contributed by atoms with Crippen molar-refractivity contribution in [2.24, 2.45) is 0 Å². The first kappa shape index (κ1) is 22.3. The second-order valence-electron chi connectivity index (χ2n) is 9.12. The summed E-state index contributed by atoms with van der Waals surface area (Å²) in [5, 5.41) is 4.31. The van der Waals surface area contributed by atoms with Gasteiger partial charge >= 0.3 is 0 Å². The van der Waals surface area contributed by atoms with E-state index in [2.05, 4.69) is 83.9 Å². The molecule has 0 saturated carbocycles. The first-order valence-corrected chi connectivity index (χ1v) is 12.0. The number of hydrogen-bond donors (Lipinski definition) is 1. The van der Waals surface area contributed by atoms with Crippen LogP contribution in [0.1, 0.15) is 51.4 Å². The van der Waals surface area contributed by atoms with Gasteiger partial charge in [0.05, 0.1) is 17.8 Å². The predicted molar refractivity (Wildman–Crippen MR) is 141 cm³/mol. The molecule has 4 heterocycles. The van der Waals surface area contributed by atoms with Crippen molar-refractivity contribution >= 4 is 23.0 Å². The molecule has 1 aliphatic heterocycles. The number of thiocarbonyl (C=S) groups is 1. The van der Waals surface area contributed by atoms with Gasteiger partial charge in [-0.3, -0.25) is 9.97 Å². The Labute approximate surface area is 206 Å². The second-order valence-corrected chi connectivity index (χ2v) is 9.50. The molecular formula is C28H29N5S. The lowest BCUT2D eigenvalue weighted by molar-refractivity contribution is 0.563. The van der Waals surface area contributed by atoms with Gasteiger partial charge in [0.25, 0.3) is 0 Å². The quantitative estimate of drug-likeness (QED) is 0.380. The van der Waals surface area contributed by atoms with Crippen LogP contribution in [0.3, 0.4) is 0 Å². The lowest BCUT2D eigenvalue weighted by atomic mass is 9.96. The van der Waals surface area contributed by atoms with Gasteiger partial charge in [0.15, 0.2) is 5.11 Å². The van der Waals surface area contributed by atoms with Crippen molar-refractivity contribution in [1.82, 2.24) is 19.9 Å². The Kier molecular flexibility index (Phi) is 5.92. The first-order valence-electron chi connectivity index (χ1n) is 11.6. The highest BCUT2D eigenvalue weighted by molar-refractivity contribution is 7.80. The Hall–Kier alpha value is -3.51. The van der Waals surface area contributed by atoms with Crippen LogP contribution in [0.15, 0.2) is 73.2 Å². The first-order chi connectivity index (χ1) is 16.4. The topological polar surface area (TPSA) is 46.0 Å². The molecule has 5 rings (SSSR count). The summed E-state index contributed by atoms with van der Waals surface area (Å²) in [5.41, 5.74) is 9.42. The van der Waals surface area contributed by atoms with Gasteiger partial charge in [0.1, 0.15) is 0 Å². The number of benzene rings is 1. The maximum atomic E-state index is 5.92. The SMILES string of the molecule is Cc1cc(C)cc(N2C(=S)N[C@H](c3ccccn3)[C@@H]2c2cc(C)n(Cc3cccnc3)c2C)c1. The molecule has 6 heteroatoms. The molecule has 0 spiro atoms. The van der Waals surface area contributed by atoms with Crippen LogP contribution in [0.4, 0.5) is 5.69 Å². The zero-order valence-electron chi connectivity index (χ0n) is 20.0. The van der Waals surface area contributed by atoms with Crippen LogP contribution in [0.5, 0.6) is 0 Å². The van der Waals surface area contributed by atoms with Gasteiger partial charge in [0.2, 0.25) is 0 Å². The monoisotopic (exact) mass is 467 g/mol. The number of rotatable bonds is 5. The summed E-state index contributed by atoms with van der Waals surface area (Å²) in [7, 11) is 0. The van der Waals surface area contributed by atoms with Gasteiger partial charge < -0.3 is 14.8 Å². The summed E-state index contributed by atoms with van der Waals surface area (Å²) in [6, 6.07) is 19.0. The Morgan fingerprint density at radius 2 is 1.74 bits per heavy atom. The van der Waals surface area contributed by atoms with E-state index in [0.29, 0.717) is 0 Å². The van der Waals surface area contributed by atoms with Crippen molar-refractivity contribution < 1.29 is 0 Å². The number of nitrogens with one attached hydrogen (secondary N) is 1. The van der Waals surface area contributed by atoms with Crippen LogP contribution in [-0.4, -0.2) is 19.6 Å². The number of anilines is 1. The molecular weight excluding hydrogens is 438 g/mol. The minimum atomic E-state index is -0.0538. The average molecular weight is 468 g/mol. The zero-order chi connectivity index (χ0) is 23.8. The van der Waals surface area contributed by atoms with Crippen molar-refractivity contribution in [3.8, 4) is 0 Å². The van der Waals surface area contributed by atoms with Gasteiger partial charge in [-0.25, -0.2) is 0 Å². The lowest BCUT2D eigenvalue weighted by Gasteiger charge is -2.29. The minimum absolute atomic E-state index is 0.0163. The molecule has 4 aromatic rings. The van der Waals surface area contributed by atoms with E-state index in [1.807, 2.05) is 36.8 Å². The zero-order valence-corrected chi connectivity index (χ0v) is 20.8. The van der Waals surface area contributed by atoms with Gasteiger partial charge in [-0.15, -0.1) is 0 Å². The Bertz CT molecular complexity index is 1310. The molecule has 1 aromatic carbocycles. The van der Waals surface area contributed by atoms with Crippen LogP contribution in [-0.2, 0) is 6.54 Å². The van der Waals surface area contributed by atoms with Gasteiger partial charge in [-0.1, -0.05) is 18.2 Å². The van der Waals surface area contributed by atoms with E-state index < -0.39 is 0 Å². The molecule has 0 bridgehead atoms. The molecule has 172 valence electrons. The molecule has 1 fully saturated rings. The van der Waals surface area contributed by atoms with E-state index in [1.165, 1.54) is 33.6 Å². The standard InChI is InChI=1S/C28H29N5S/c1-18-12-19(2)14-23(13-18)33-27(26(31-28(33)34)25-9-5-6-11-30-25)24-15-20(3)32(21(24)4)17-22-8-7-10-29-16-22/h5-16,26-27H,17H2,1-4H3,(H,31,34)/t26-,27+/m1/s1. The fourth-order valence-corrected chi connectivity index (χ4v) is 5.43. The molecule has 1 aliphatic rings. The summed E-state index contributed by atoms with van der Waals surface area (Å²) in [5.74, 6) is 0.